The SMILES string of the molecule is CCC(C)c1ccc(NS(=O)(=O)c2cc(C)ccc2C)cc1. The van der Waals surface area contributed by atoms with Gasteiger partial charge in [0.2, 0.25) is 0 Å². The van der Waals surface area contributed by atoms with Crippen LogP contribution in [0.15, 0.2) is 47.4 Å². The Kier molecular flexibility index (Phi) is 4.91. The highest BCUT2D eigenvalue weighted by Gasteiger charge is 2.17. The molecule has 0 radical (unpaired) electrons. The van der Waals surface area contributed by atoms with Gasteiger partial charge in [-0.25, -0.2) is 8.42 Å². The Morgan fingerprint density at radius 2 is 1.68 bits per heavy atom. The van der Waals surface area contributed by atoms with Crippen LogP contribution in [0.4, 0.5) is 5.69 Å². The molecule has 2 rings (SSSR count). The second kappa shape index (κ2) is 6.53. The molecule has 0 aliphatic rings. The molecule has 0 saturated heterocycles. The molecule has 0 saturated carbocycles. The number of hydrogen-bond donors (Lipinski definition) is 1. The fourth-order valence-corrected chi connectivity index (χ4v) is 3.71. The molecule has 0 spiro atoms. The average molecular weight is 317 g/mol. The zero-order chi connectivity index (χ0) is 16.3. The molecule has 2 aromatic carbocycles. The van der Waals surface area contributed by atoms with Gasteiger partial charge in [0.15, 0.2) is 0 Å². The lowest BCUT2D eigenvalue weighted by molar-refractivity contribution is 0.600. The Balaban J connectivity index is 2.27. The molecule has 3 nitrogen and oxygen atoms in total. The third-order valence-corrected chi connectivity index (χ3v) is 5.50. The largest absolute Gasteiger partial charge is 0.280 e. The van der Waals surface area contributed by atoms with Crippen molar-refractivity contribution in [1.29, 1.82) is 0 Å². The van der Waals surface area contributed by atoms with Crippen LogP contribution in [0.2, 0.25) is 0 Å². The van der Waals surface area contributed by atoms with Crippen LogP contribution in [0, 0.1) is 13.8 Å². The van der Waals surface area contributed by atoms with E-state index in [1.54, 1.807) is 13.0 Å². The van der Waals surface area contributed by atoms with E-state index in [0.717, 1.165) is 17.5 Å². The van der Waals surface area contributed by atoms with Gasteiger partial charge in [-0.3, -0.25) is 4.72 Å². The van der Waals surface area contributed by atoms with Gasteiger partial charge in [0.25, 0.3) is 10.0 Å². The topological polar surface area (TPSA) is 46.2 Å². The fraction of sp³-hybridized carbons (Fsp3) is 0.333. The first-order valence-electron chi connectivity index (χ1n) is 7.53. The normalized spacial score (nSPS) is 12.9. The Hall–Kier alpha value is -1.81. The summed E-state index contributed by atoms with van der Waals surface area (Å²) < 4.78 is 27.7. The van der Waals surface area contributed by atoms with Gasteiger partial charge in [-0.2, -0.15) is 0 Å². The van der Waals surface area contributed by atoms with E-state index in [1.165, 1.54) is 5.56 Å². The number of sulfonamides is 1. The second-order valence-electron chi connectivity index (χ2n) is 5.81. The molecule has 1 unspecified atom stereocenters. The first-order chi connectivity index (χ1) is 10.3. The van der Waals surface area contributed by atoms with Gasteiger partial charge < -0.3 is 0 Å². The van der Waals surface area contributed by atoms with Crippen LogP contribution >= 0.6 is 0 Å². The van der Waals surface area contributed by atoms with Crippen molar-refractivity contribution < 1.29 is 8.42 Å². The molecule has 4 heteroatoms. The summed E-state index contributed by atoms with van der Waals surface area (Å²) >= 11 is 0. The highest BCUT2D eigenvalue weighted by Crippen LogP contribution is 2.23. The highest BCUT2D eigenvalue weighted by atomic mass is 32.2. The minimum atomic E-state index is -3.56. The van der Waals surface area contributed by atoms with E-state index >= 15 is 0 Å². The molecule has 0 bridgehead atoms. The summed E-state index contributed by atoms with van der Waals surface area (Å²) in [5.74, 6) is 0.477. The van der Waals surface area contributed by atoms with E-state index in [9.17, 15) is 8.42 Å². The standard InChI is InChI=1S/C18H23NO2S/c1-5-14(3)16-8-10-17(11-9-16)19-22(20,21)18-12-13(2)6-7-15(18)4/h6-12,14,19H,5H2,1-4H3. The van der Waals surface area contributed by atoms with E-state index in [-0.39, 0.29) is 0 Å². The fourth-order valence-electron chi connectivity index (χ4n) is 2.32. The molecule has 0 aliphatic heterocycles. The predicted octanol–water partition coefficient (Wildman–Crippen LogP) is 4.62. The minimum absolute atomic E-state index is 0.332. The van der Waals surface area contributed by atoms with Crippen LogP contribution in [0.25, 0.3) is 0 Å². The number of benzene rings is 2. The first-order valence-corrected chi connectivity index (χ1v) is 9.02. The molecular weight excluding hydrogens is 294 g/mol. The van der Waals surface area contributed by atoms with Gasteiger partial charge in [-0.05, 0) is 61.1 Å². The van der Waals surface area contributed by atoms with E-state index in [0.29, 0.717) is 16.5 Å². The van der Waals surface area contributed by atoms with Gasteiger partial charge in [0, 0.05) is 5.69 Å². The number of rotatable bonds is 5. The smallest absolute Gasteiger partial charge is 0.262 e. The van der Waals surface area contributed by atoms with Crippen molar-refractivity contribution in [1.82, 2.24) is 0 Å². The van der Waals surface area contributed by atoms with Crippen LogP contribution in [0.5, 0.6) is 0 Å². The molecule has 1 atom stereocenters. The summed E-state index contributed by atoms with van der Waals surface area (Å²) in [6.07, 6.45) is 1.06. The molecule has 0 fully saturated rings. The first kappa shape index (κ1) is 16.6. The zero-order valence-corrected chi connectivity index (χ0v) is 14.4. The number of nitrogens with one attached hydrogen (secondary N) is 1. The van der Waals surface area contributed by atoms with E-state index in [4.69, 9.17) is 0 Å². The van der Waals surface area contributed by atoms with Crippen molar-refractivity contribution in [2.24, 2.45) is 0 Å². The van der Waals surface area contributed by atoms with Crippen LogP contribution in [0.3, 0.4) is 0 Å². The van der Waals surface area contributed by atoms with Crippen molar-refractivity contribution in [2.75, 3.05) is 4.72 Å². The number of hydrogen-bond acceptors (Lipinski definition) is 2. The third-order valence-electron chi connectivity index (χ3n) is 3.98. The lowest BCUT2D eigenvalue weighted by Gasteiger charge is -2.13. The van der Waals surface area contributed by atoms with Crippen molar-refractivity contribution in [3.8, 4) is 0 Å². The molecule has 0 aromatic heterocycles. The van der Waals surface area contributed by atoms with E-state index in [1.807, 2.05) is 43.3 Å². The Morgan fingerprint density at radius 1 is 1.05 bits per heavy atom. The van der Waals surface area contributed by atoms with Crippen LogP contribution in [-0.4, -0.2) is 8.42 Å². The van der Waals surface area contributed by atoms with Crippen LogP contribution < -0.4 is 4.72 Å². The Bertz CT molecular complexity index is 749. The monoisotopic (exact) mass is 317 g/mol. The maximum Gasteiger partial charge on any atom is 0.262 e. The van der Waals surface area contributed by atoms with Crippen LogP contribution in [0.1, 0.15) is 42.9 Å². The molecule has 0 amide bonds. The van der Waals surface area contributed by atoms with Gasteiger partial charge in [0.05, 0.1) is 4.90 Å². The van der Waals surface area contributed by atoms with Gasteiger partial charge >= 0.3 is 0 Å². The summed E-state index contributed by atoms with van der Waals surface area (Å²) in [4.78, 5) is 0.332. The van der Waals surface area contributed by atoms with Crippen LogP contribution in [-0.2, 0) is 10.0 Å². The van der Waals surface area contributed by atoms with Crippen molar-refractivity contribution in [2.45, 2.75) is 44.9 Å². The lowest BCUT2D eigenvalue weighted by Crippen LogP contribution is -2.14. The van der Waals surface area contributed by atoms with E-state index < -0.39 is 10.0 Å². The molecule has 0 heterocycles. The summed E-state index contributed by atoms with van der Waals surface area (Å²) in [6.45, 7) is 8.00. The molecule has 2 aromatic rings. The molecule has 0 aliphatic carbocycles. The number of anilines is 1. The lowest BCUT2D eigenvalue weighted by atomic mass is 9.99. The minimum Gasteiger partial charge on any atom is -0.280 e. The van der Waals surface area contributed by atoms with E-state index in [2.05, 4.69) is 18.6 Å². The van der Waals surface area contributed by atoms with Crippen molar-refractivity contribution in [3.05, 3.63) is 59.2 Å². The third kappa shape index (κ3) is 3.69. The van der Waals surface area contributed by atoms with Gasteiger partial charge in [-0.1, -0.05) is 38.1 Å². The maximum atomic E-state index is 12.5. The zero-order valence-electron chi connectivity index (χ0n) is 13.6. The van der Waals surface area contributed by atoms with Gasteiger partial charge in [-0.15, -0.1) is 0 Å². The summed E-state index contributed by atoms with van der Waals surface area (Å²) in [5, 5.41) is 0. The molecule has 118 valence electrons. The second-order valence-corrected chi connectivity index (χ2v) is 7.46. The predicted molar refractivity (Wildman–Crippen MR) is 91.9 cm³/mol. The summed E-state index contributed by atoms with van der Waals surface area (Å²) in [6, 6.07) is 13.1. The molecule has 1 N–H and O–H groups in total. The van der Waals surface area contributed by atoms with Gasteiger partial charge in [0.1, 0.15) is 0 Å². The quantitative estimate of drug-likeness (QED) is 0.874. The Labute approximate surface area is 133 Å². The van der Waals surface area contributed by atoms with Crippen molar-refractivity contribution in [3.63, 3.8) is 0 Å². The number of aryl methyl sites for hydroxylation is 2. The molecule has 22 heavy (non-hydrogen) atoms. The summed E-state index contributed by atoms with van der Waals surface area (Å²) in [5.41, 5.74) is 3.48. The average Bonchev–Trinajstić information content (AvgIpc) is 2.49. The molecular formula is C18H23NO2S. The Morgan fingerprint density at radius 3 is 2.27 bits per heavy atom. The summed E-state index contributed by atoms with van der Waals surface area (Å²) in [7, 11) is -3.56. The van der Waals surface area contributed by atoms with Crippen molar-refractivity contribution >= 4 is 15.7 Å². The highest BCUT2D eigenvalue weighted by molar-refractivity contribution is 7.92. The maximum absolute atomic E-state index is 12.5.